The van der Waals surface area contributed by atoms with Gasteiger partial charge < -0.3 is 5.32 Å². The van der Waals surface area contributed by atoms with Crippen LogP contribution in [0, 0.1) is 18.7 Å². The second kappa shape index (κ2) is 9.20. The zero-order chi connectivity index (χ0) is 21.9. The molecule has 0 aliphatic rings. The molecule has 0 spiro atoms. The SMILES string of the molecule is Cc1nc2ccc(S(=O)(=O)N[C@@H](CC(C)C)C(=O)NCc3ccc(F)cc3)cc2s1. The van der Waals surface area contributed by atoms with Crippen LogP contribution in [0.5, 0.6) is 0 Å². The molecule has 3 rings (SSSR count). The summed E-state index contributed by atoms with van der Waals surface area (Å²) in [4.78, 5) is 17.2. The molecule has 1 aromatic heterocycles. The predicted molar refractivity (Wildman–Crippen MR) is 116 cm³/mol. The van der Waals surface area contributed by atoms with Gasteiger partial charge in [0.25, 0.3) is 0 Å². The maximum atomic E-state index is 13.0. The van der Waals surface area contributed by atoms with Gasteiger partial charge in [0, 0.05) is 6.54 Å². The summed E-state index contributed by atoms with van der Waals surface area (Å²) in [7, 11) is -3.90. The lowest BCUT2D eigenvalue weighted by molar-refractivity contribution is -0.123. The Balaban J connectivity index is 1.76. The lowest BCUT2D eigenvalue weighted by Gasteiger charge is -2.20. The Morgan fingerprint density at radius 1 is 1.17 bits per heavy atom. The van der Waals surface area contributed by atoms with Crippen molar-refractivity contribution in [2.24, 2.45) is 5.92 Å². The second-order valence-electron chi connectivity index (χ2n) is 7.51. The van der Waals surface area contributed by atoms with Crippen molar-refractivity contribution in [1.29, 1.82) is 0 Å². The van der Waals surface area contributed by atoms with Crippen molar-refractivity contribution in [2.45, 2.75) is 44.7 Å². The van der Waals surface area contributed by atoms with E-state index >= 15 is 0 Å². The zero-order valence-electron chi connectivity index (χ0n) is 17.0. The quantitative estimate of drug-likeness (QED) is 0.548. The highest BCUT2D eigenvalue weighted by Gasteiger charge is 2.26. The number of rotatable bonds is 8. The Bertz CT molecular complexity index is 1140. The number of nitrogens with one attached hydrogen (secondary N) is 2. The van der Waals surface area contributed by atoms with Crippen molar-refractivity contribution in [3.05, 3.63) is 58.9 Å². The van der Waals surface area contributed by atoms with E-state index < -0.39 is 22.0 Å². The first-order chi connectivity index (χ1) is 14.1. The summed E-state index contributed by atoms with van der Waals surface area (Å²) in [6, 6.07) is 9.58. The third-order valence-electron chi connectivity index (χ3n) is 4.48. The van der Waals surface area contributed by atoms with Gasteiger partial charge in [0.2, 0.25) is 15.9 Å². The highest BCUT2D eigenvalue weighted by molar-refractivity contribution is 7.89. The van der Waals surface area contributed by atoms with Gasteiger partial charge in [0.15, 0.2) is 0 Å². The van der Waals surface area contributed by atoms with Crippen LogP contribution < -0.4 is 10.0 Å². The Hall–Kier alpha value is -2.36. The molecule has 0 bridgehead atoms. The fourth-order valence-corrected chi connectivity index (χ4v) is 5.21. The van der Waals surface area contributed by atoms with E-state index in [-0.39, 0.29) is 23.2 Å². The molecule has 3 aromatic rings. The molecule has 2 N–H and O–H groups in total. The van der Waals surface area contributed by atoms with Gasteiger partial charge in [-0.1, -0.05) is 26.0 Å². The summed E-state index contributed by atoms with van der Waals surface area (Å²) in [6.45, 7) is 5.88. The summed E-state index contributed by atoms with van der Waals surface area (Å²) >= 11 is 1.42. The lowest BCUT2D eigenvalue weighted by atomic mass is 10.0. The van der Waals surface area contributed by atoms with Gasteiger partial charge in [0.05, 0.1) is 20.1 Å². The van der Waals surface area contributed by atoms with E-state index in [9.17, 15) is 17.6 Å². The summed E-state index contributed by atoms with van der Waals surface area (Å²) in [6.07, 6.45) is 0.344. The van der Waals surface area contributed by atoms with Gasteiger partial charge in [-0.2, -0.15) is 4.72 Å². The summed E-state index contributed by atoms with van der Waals surface area (Å²) in [5, 5.41) is 3.59. The van der Waals surface area contributed by atoms with Crippen LogP contribution >= 0.6 is 11.3 Å². The number of nitrogens with zero attached hydrogens (tertiary/aromatic N) is 1. The molecule has 6 nitrogen and oxygen atoms in total. The van der Waals surface area contributed by atoms with E-state index in [1.165, 1.54) is 29.5 Å². The van der Waals surface area contributed by atoms with Crippen molar-refractivity contribution >= 4 is 37.5 Å². The third-order valence-corrected chi connectivity index (χ3v) is 6.88. The van der Waals surface area contributed by atoms with Gasteiger partial charge in [0.1, 0.15) is 11.9 Å². The molecular weight excluding hydrogens is 425 g/mol. The smallest absolute Gasteiger partial charge is 0.241 e. The monoisotopic (exact) mass is 449 g/mol. The van der Waals surface area contributed by atoms with Gasteiger partial charge in [-0.05, 0) is 55.2 Å². The number of sulfonamides is 1. The van der Waals surface area contributed by atoms with E-state index in [1.54, 1.807) is 24.3 Å². The number of amides is 1. The number of carbonyl (C=O) groups excluding carboxylic acids is 1. The Morgan fingerprint density at radius 2 is 1.87 bits per heavy atom. The van der Waals surface area contributed by atoms with Gasteiger partial charge >= 0.3 is 0 Å². The molecule has 160 valence electrons. The number of benzene rings is 2. The topological polar surface area (TPSA) is 88.2 Å². The van der Waals surface area contributed by atoms with Gasteiger partial charge in [-0.15, -0.1) is 11.3 Å². The standard InChI is InChI=1S/C21H24FN3O3S2/c1-13(2)10-19(21(26)23-12-15-4-6-16(22)7-5-15)25-30(27,28)17-8-9-18-20(11-17)29-14(3)24-18/h4-9,11,13,19,25H,10,12H2,1-3H3,(H,23,26)/t19-/m0/s1. The van der Waals surface area contributed by atoms with Crippen molar-refractivity contribution in [1.82, 2.24) is 15.0 Å². The number of hydrogen-bond acceptors (Lipinski definition) is 5. The molecule has 30 heavy (non-hydrogen) atoms. The molecule has 9 heteroatoms. The number of carbonyl (C=O) groups is 1. The van der Waals surface area contributed by atoms with Gasteiger partial charge in [-0.25, -0.2) is 17.8 Å². The number of aryl methyl sites for hydroxylation is 1. The number of aromatic nitrogens is 1. The molecule has 0 radical (unpaired) electrons. The minimum atomic E-state index is -3.90. The summed E-state index contributed by atoms with van der Waals surface area (Å²) in [5.41, 5.74) is 1.47. The van der Waals surface area contributed by atoms with Gasteiger partial charge in [-0.3, -0.25) is 4.79 Å². The molecule has 2 aromatic carbocycles. The molecule has 0 aliphatic heterocycles. The molecule has 0 saturated carbocycles. The highest BCUT2D eigenvalue weighted by Crippen LogP contribution is 2.25. The number of fused-ring (bicyclic) bond motifs is 1. The van der Waals surface area contributed by atoms with Crippen LogP contribution in [0.3, 0.4) is 0 Å². The molecule has 0 fully saturated rings. The average molecular weight is 450 g/mol. The molecule has 1 amide bonds. The normalized spacial score (nSPS) is 13.0. The third kappa shape index (κ3) is 5.62. The van der Waals surface area contributed by atoms with Crippen molar-refractivity contribution in [2.75, 3.05) is 0 Å². The minimum absolute atomic E-state index is 0.0961. The van der Waals surface area contributed by atoms with Crippen LogP contribution in [-0.2, 0) is 21.4 Å². The first-order valence-corrected chi connectivity index (χ1v) is 11.9. The van der Waals surface area contributed by atoms with Crippen LogP contribution in [0.2, 0.25) is 0 Å². The molecular formula is C21H24FN3O3S2. The van der Waals surface area contributed by atoms with Crippen molar-refractivity contribution < 1.29 is 17.6 Å². The number of thiazole rings is 1. The summed E-state index contributed by atoms with van der Waals surface area (Å²) in [5.74, 6) is -0.684. The van der Waals surface area contributed by atoms with E-state index in [0.717, 1.165) is 20.8 Å². The first-order valence-electron chi connectivity index (χ1n) is 9.56. The minimum Gasteiger partial charge on any atom is -0.351 e. The van der Waals surface area contributed by atoms with Crippen molar-refractivity contribution in [3.8, 4) is 0 Å². The maximum absolute atomic E-state index is 13.0. The van der Waals surface area contributed by atoms with Crippen molar-refractivity contribution in [3.63, 3.8) is 0 Å². The fraction of sp³-hybridized carbons (Fsp3) is 0.333. The Kier molecular flexibility index (Phi) is 6.84. The van der Waals surface area contributed by atoms with Crippen LogP contribution in [0.25, 0.3) is 10.2 Å². The molecule has 1 atom stereocenters. The largest absolute Gasteiger partial charge is 0.351 e. The Labute approximate surface area is 179 Å². The first kappa shape index (κ1) is 22.3. The maximum Gasteiger partial charge on any atom is 0.241 e. The van der Waals surface area contributed by atoms with Crippen LogP contribution in [0.4, 0.5) is 4.39 Å². The van der Waals surface area contributed by atoms with E-state index in [0.29, 0.717) is 6.42 Å². The highest BCUT2D eigenvalue weighted by atomic mass is 32.2. The lowest BCUT2D eigenvalue weighted by Crippen LogP contribution is -2.47. The fourth-order valence-electron chi connectivity index (χ4n) is 3.04. The molecule has 0 unspecified atom stereocenters. The molecule has 1 heterocycles. The predicted octanol–water partition coefficient (Wildman–Crippen LogP) is 3.75. The molecule has 0 aliphatic carbocycles. The number of halogens is 1. The number of hydrogen-bond donors (Lipinski definition) is 2. The summed E-state index contributed by atoms with van der Waals surface area (Å²) < 4.78 is 42.2. The average Bonchev–Trinajstić information content (AvgIpc) is 3.05. The van der Waals surface area contributed by atoms with Crippen LogP contribution in [0.1, 0.15) is 30.8 Å². The Morgan fingerprint density at radius 3 is 2.53 bits per heavy atom. The second-order valence-corrected chi connectivity index (χ2v) is 10.5. The zero-order valence-corrected chi connectivity index (χ0v) is 18.6. The van der Waals surface area contributed by atoms with E-state index in [1.807, 2.05) is 20.8 Å². The van der Waals surface area contributed by atoms with E-state index in [2.05, 4.69) is 15.0 Å². The van der Waals surface area contributed by atoms with E-state index in [4.69, 9.17) is 0 Å². The van der Waals surface area contributed by atoms with Crippen LogP contribution in [-0.4, -0.2) is 25.4 Å². The van der Waals surface area contributed by atoms with Crippen LogP contribution in [0.15, 0.2) is 47.4 Å². The molecule has 0 saturated heterocycles.